The van der Waals surface area contributed by atoms with Gasteiger partial charge in [0.25, 0.3) is 5.89 Å². The number of hydrogen-bond donors (Lipinski definition) is 0. The maximum absolute atomic E-state index is 12.5. The zero-order chi connectivity index (χ0) is 17.4. The van der Waals surface area contributed by atoms with Crippen molar-refractivity contribution in [3.05, 3.63) is 59.0 Å². The van der Waals surface area contributed by atoms with E-state index >= 15 is 0 Å². The highest BCUT2D eigenvalue weighted by Gasteiger charge is 2.17. The van der Waals surface area contributed by atoms with Crippen LogP contribution in [0, 0.1) is 0 Å². The Hall–Kier alpha value is -2.68. The molecule has 0 aliphatic carbocycles. The second-order valence-electron chi connectivity index (χ2n) is 5.26. The first-order valence-corrected chi connectivity index (χ1v) is 8.07. The van der Waals surface area contributed by atoms with Crippen molar-refractivity contribution in [2.75, 3.05) is 0 Å². The summed E-state index contributed by atoms with van der Waals surface area (Å²) in [6, 6.07) is 7.42. The molecule has 4 rings (SSSR count). The van der Waals surface area contributed by atoms with Crippen LogP contribution in [-0.2, 0) is 6.54 Å². The van der Waals surface area contributed by atoms with Crippen molar-refractivity contribution in [3.63, 3.8) is 0 Å². The summed E-state index contributed by atoms with van der Waals surface area (Å²) in [5, 5.41) is 7.94. The fraction of sp³-hybridized carbons (Fsp3) is 0.125. The third-order valence-corrected chi connectivity index (χ3v) is 4.31. The monoisotopic (exact) mass is 405 g/mol. The molecular weight excluding hydrogens is 396 g/mol. The van der Waals surface area contributed by atoms with E-state index in [0.29, 0.717) is 12.1 Å². The van der Waals surface area contributed by atoms with E-state index in [2.05, 4.69) is 36.1 Å². The number of fused-ring (bicyclic) bond motifs is 1. The Morgan fingerprint density at radius 3 is 2.72 bits per heavy atom. The quantitative estimate of drug-likeness (QED) is 0.475. The molecule has 0 aliphatic rings. The zero-order valence-electron chi connectivity index (χ0n) is 12.6. The van der Waals surface area contributed by atoms with Crippen LogP contribution < -0.4 is 0 Å². The minimum absolute atomic E-state index is 0.0239. The number of hydrogen-bond acceptors (Lipinski definition) is 5. The molecule has 126 valence electrons. The normalized spacial score (nSPS) is 11.5. The molecule has 0 unspecified atom stereocenters. The Balaban J connectivity index is 1.58. The molecule has 0 saturated carbocycles. The van der Waals surface area contributed by atoms with Crippen molar-refractivity contribution in [2.45, 2.75) is 13.0 Å². The molecule has 0 spiro atoms. The summed E-state index contributed by atoms with van der Waals surface area (Å²) in [4.78, 5) is 8.55. The van der Waals surface area contributed by atoms with Crippen LogP contribution in [0.2, 0.25) is 0 Å². The van der Waals surface area contributed by atoms with Gasteiger partial charge in [-0.25, -0.2) is 4.98 Å². The first kappa shape index (κ1) is 15.8. The third kappa shape index (κ3) is 3.02. The van der Waals surface area contributed by atoms with Crippen molar-refractivity contribution in [2.24, 2.45) is 0 Å². The Morgan fingerprint density at radius 1 is 1.12 bits per heavy atom. The van der Waals surface area contributed by atoms with Gasteiger partial charge in [-0.05, 0) is 40.2 Å². The van der Waals surface area contributed by atoms with Gasteiger partial charge < -0.3 is 8.98 Å². The van der Waals surface area contributed by atoms with Crippen LogP contribution >= 0.6 is 15.9 Å². The highest BCUT2D eigenvalue weighted by atomic mass is 79.9. The molecule has 0 aliphatic heterocycles. The molecule has 0 aromatic carbocycles. The van der Waals surface area contributed by atoms with Gasteiger partial charge in [0.05, 0.1) is 23.3 Å². The van der Waals surface area contributed by atoms with Gasteiger partial charge in [0.1, 0.15) is 4.60 Å². The third-order valence-electron chi connectivity index (χ3n) is 3.68. The van der Waals surface area contributed by atoms with Gasteiger partial charge in [-0.1, -0.05) is 0 Å². The minimum Gasteiger partial charge on any atom is -0.415 e. The summed E-state index contributed by atoms with van der Waals surface area (Å²) in [6.45, 7) is 0.562. The summed E-state index contributed by atoms with van der Waals surface area (Å²) in [7, 11) is 0. The molecule has 4 heterocycles. The van der Waals surface area contributed by atoms with E-state index in [1.54, 1.807) is 18.3 Å². The lowest BCUT2D eigenvalue weighted by atomic mass is 10.2. The van der Waals surface area contributed by atoms with Crippen molar-refractivity contribution in [3.8, 4) is 11.5 Å². The van der Waals surface area contributed by atoms with Crippen molar-refractivity contribution < 1.29 is 13.2 Å². The van der Waals surface area contributed by atoms with E-state index in [-0.39, 0.29) is 5.89 Å². The van der Waals surface area contributed by atoms with E-state index in [9.17, 15) is 8.78 Å². The highest BCUT2D eigenvalue weighted by molar-refractivity contribution is 9.10. The molecule has 0 bridgehead atoms. The number of rotatable bonds is 4. The Labute approximate surface area is 148 Å². The standard InChI is InChI=1S/C16H10BrF2N5O/c17-13-11-4-6-24(12(11)3-5-20-13)8-10-2-1-9(7-21-10)15-22-23-16(25-15)14(18)19/h1-7,14H,8H2. The van der Waals surface area contributed by atoms with Crippen LogP contribution in [0.15, 0.2) is 51.9 Å². The van der Waals surface area contributed by atoms with E-state index in [4.69, 9.17) is 4.42 Å². The van der Waals surface area contributed by atoms with E-state index in [1.165, 1.54) is 6.20 Å². The van der Waals surface area contributed by atoms with Crippen molar-refractivity contribution >= 4 is 26.8 Å². The predicted octanol–water partition coefficient (Wildman–Crippen LogP) is 4.23. The SMILES string of the molecule is FC(F)c1nnc(-c2ccc(Cn3ccc4c(Br)nccc43)nc2)o1. The molecule has 9 heteroatoms. The average molecular weight is 406 g/mol. The van der Waals surface area contributed by atoms with Crippen LogP contribution in [-0.4, -0.2) is 24.7 Å². The molecule has 0 saturated heterocycles. The van der Waals surface area contributed by atoms with E-state index in [1.807, 2.05) is 22.9 Å². The molecular formula is C16H10BrF2N5O. The molecule has 0 fully saturated rings. The number of aromatic nitrogens is 5. The lowest BCUT2D eigenvalue weighted by Gasteiger charge is -2.05. The van der Waals surface area contributed by atoms with E-state index in [0.717, 1.165) is 21.2 Å². The Kier molecular flexibility index (Phi) is 4.00. The predicted molar refractivity (Wildman–Crippen MR) is 89.0 cm³/mol. The summed E-state index contributed by atoms with van der Waals surface area (Å²) in [5.74, 6) is -0.673. The molecule has 0 amide bonds. The number of halogens is 3. The lowest BCUT2D eigenvalue weighted by molar-refractivity contribution is 0.116. The molecule has 0 radical (unpaired) electrons. The van der Waals surface area contributed by atoms with Crippen LogP contribution in [0.4, 0.5) is 8.78 Å². The van der Waals surface area contributed by atoms with Crippen LogP contribution in [0.5, 0.6) is 0 Å². The Morgan fingerprint density at radius 2 is 2.00 bits per heavy atom. The van der Waals surface area contributed by atoms with Gasteiger partial charge >= 0.3 is 6.43 Å². The van der Waals surface area contributed by atoms with Crippen LogP contribution in [0.3, 0.4) is 0 Å². The average Bonchev–Trinajstić information content (AvgIpc) is 3.24. The van der Waals surface area contributed by atoms with Gasteiger partial charge in [0.2, 0.25) is 5.89 Å². The van der Waals surface area contributed by atoms with Gasteiger partial charge in [-0.15, -0.1) is 10.2 Å². The van der Waals surface area contributed by atoms with Gasteiger partial charge in [0, 0.05) is 24.0 Å². The highest BCUT2D eigenvalue weighted by Crippen LogP contribution is 2.24. The summed E-state index contributed by atoms with van der Waals surface area (Å²) in [5.41, 5.74) is 2.33. The number of pyridine rings is 2. The molecule has 0 atom stereocenters. The largest absolute Gasteiger partial charge is 0.415 e. The number of nitrogens with zero attached hydrogens (tertiary/aromatic N) is 5. The maximum Gasteiger partial charge on any atom is 0.314 e. The first-order valence-electron chi connectivity index (χ1n) is 7.28. The summed E-state index contributed by atoms with van der Waals surface area (Å²) < 4.78 is 32.8. The van der Waals surface area contributed by atoms with Crippen LogP contribution in [0.1, 0.15) is 18.0 Å². The summed E-state index contributed by atoms with van der Waals surface area (Å²) >= 11 is 3.43. The Bertz CT molecular complexity index is 1030. The van der Waals surface area contributed by atoms with Gasteiger partial charge in [-0.3, -0.25) is 4.98 Å². The fourth-order valence-electron chi connectivity index (χ4n) is 2.48. The maximum atomic E-state index is 12.5. The number of alkyl halides is 2. The minimum atomic E-state index is -2.79. The molecule has 4 aromatic rings. The lowest BCUT2D eigenvalue weighted by Crippen LogP contribution is -2.00. The van der Waals surface area contributed by atoms with Crippen LogP contribution in [0.25, 0.3) is 22.4 Å². The molecule has 0 N–H and O–H groups in total. The van der Waals surface area contributed by atoms with Gasteiger partial charge in [-0.2, -0.15) is 8.78 Å². The summed E-state index contributed by atoms with van der Waals surface area (Å²) in [6.07, 6.45) is 2.43. The second-order valence-corrected chi connectivity index (χ2v) is 6.01. The van der Waals surface area contributed by atoms with Crippen molar-refractivity contribution in [1.29, 1.82) is 0 Å². The smallest absolute Gasteiger partial charge is 0.314 e. The van der Waals surface area contributed by atoms with E-state index < -0.39 is 12.3 Å². The fourth-order valence-corrected chi connectivity index (χ4v) is 2.94. The molecule has 6 nitrogen and oxygen atoms in total. The van der Waals surface area contributed by atoms with Gasteiger partial charge in [0.15, 0.2) is 0 Å². The first-order chi connectivity index (χ1) is 12.1. The molecule has 4 aromatic heterocycles. The van der Waals surface area contributed by atoms with Crippen molar-refractivity contribution in [1.82, 2.24) is 24.7 Å². The second kappa shape index (κ2) is 6.32. The molecule has 25 heavy (non-hydrogen) atoms. The zero-order valence-corrected chi connectivity index (χ0v) is 14.2. The topological polar surface area (TPSA) is 69.6 Å².